The van der Waals surface area contributed by atoms with Crippen LogP contribution in [0.1, 0.15) is 43.2 Å². The highest BCUT2D eigenvalue weighted by Crippen LogP contribution is 2.27. The van der Waals surface area contributed by atoms with Crippen LogP contribution < -0.4 is 5.32 Å². The Morgan fingerprint density at radius 1 is 1.24 bits per heavy atom. The van der Waals surface area contributed by atoms with Crippen LogP contribution in [0.25, 0.3) is 0 Å². The zero-order valence-electron chi connectivity index (χ0n) is 11.2. The second kappa shape index (κ2) is 6.20. The van der Waals surface area contributed by atoms with Gasteiger partial charge in [0, 0.05) is 6.04 Å². The predicted octanol–water partition coefficient (Wildman–Crippen LogP) is 3.71. The average molecular weight is 231 g/mol. The molecular weight excluding hydrogens is 206 g/mol. The summed E-state index contributed by atoms with van der Waals surface area (Å²) in [6, 6.07) is 9.61. The van der Waals surface area contributed by atoms with E-state index in [2.05, 4.69) is 43.6 Å². The standard InChI is InChI=1S/C16H25N/c1-13-7-6-8-14(11-13)12-16(17-2)15-9-4-3-5-10-15/h6-8,11,15-17H,3-5,9-10,12H2,1-2H3. The van der Waals surface area contributed by atoms with E-state index in [0.29, 0.717) is 6.04 Å². The lowest BCUT2D eigenvalue weighted by atomic mass is 9.81. The van der Waals surface area contributed by atoms with E-state index in [4.69, 9.17) is 0 Å². The Labute approximate surface area is 106 Å². The second-order valence-corrected chi connectivity index (χ2v) is 5.49. The van der Waals surface area contributed by atoms with Crippen molar-refractivity contribution < 1.29 is 0 Å². The van der Waals surface area contributed by atoms with Crippen LogP contribution in [-0.2, 0) is 6.42 Å². The Bertz CT molecular complexity index is 339. The maximum absolute atomic E-state index is 3.54. The minimum atomic E-state index is 0.664. The van der Waals surface area contributed by atoms with Crippen LogP contribution >= 0.6 is 0 Å². The summed E-state index contributed by atoms with van der Waals surface area (Å²) in [4.78, 5) is 0. The zero-order chi connectivity index (χ0) is 12.1. The molecule has 1 aromatic carbocycles. The van der Waals surface area contributed by atoms with Crippen molar-refractivity contribution in [2.24, 2.45) is 5.92 Å². The molecule has 0 amide bonds. The molecule has 1 saturated carbocycles. The molecule has 1 aliphatic rings. The van der Waals surface area contributed by atoms with Gasteiger partial charge in [-0.1, -0.05) is 49.1 Å². The first kappa shape index (κ1) is 12.6. The Hall–Kier alpha value is -0.820. The number of hydrogen-bond acceptors (Lipinski definition) is 1. The smallest absolute Gasteiger partial charge is 0.0133 e. The number of nitrogens with one attached hydrogen (secondary N) is 1. The molecule has 1 atom stereocenters. The van der Waals surface area contributed by atoms with Crippen LogP contribution in [0.5, 0.6) is 0 Å². The largest absolute Gasteiger partial charge is 0.316 e. The number of likely N-dealkylation sites (N-methyl/N-ethyl adjacent to an activating group) is 1. The topological polar surface area (TPSA) is 12.0 Å². The Morgan fingerprint density at radius 2 is 2.00 bits per heavy atom. The number of benzene rings is 1. The van der Waals surface area contributed by atoms with Crippen molar-refractivity contribution in [3.63, 3.8) is 0 Å². The van der Waals surface area contributed by atoms with E-state index in [1.807, 2.05) is 0 Å². The molecule has 1 unspecified atom stereocenters. The fourth-order valence-electron chi connectivity index (χ4n) is 3.13. The first-order valence-corrected chi connectivity index (χ1v) is 7.02. The summed E-state index contributed by atoms with van der Waals surface area (Å²) in [5.74, 6) is 0.884. The summed E-state index contributed by atoms with van der Waals surface area (Å²) in [6.07, 6.45) is 8.31. The molecular formula is C16H25N. The fraction of sp³-hybridized carbons (Fsp3) is 0.625. The van der Waals surface area contributed by atoms with Gasteiger partial charge in [0.15, 0.2) is 0 Å². The van der Waals surface area contributed by atoms with Gasteiger partial charge in [0.25, 0.3) is 0 Å². The minimum Gasteiger partial charge on any atom is -0.316 e. The van der Waals surface area contributed by atoms with Crippen molar-refractivity contribution in [3.8, 4) is 0 Å². The van der Waals surface area contributed by atoms with Crippen LogP contribution in [0.4, 0.5) is 0 Å². The Balaban J connectivity index is 1.98. The van der Waals surface area contributed by atoms with Crippen LogP contribution in [0, 0.1) is 12.8 Å². The summed E-state index contributed by atoms with van der Waals surface area (Å²) in [5.41, 5.74) is 2.86. The van der Waals surface area contributed by atoms with Crippen molar-refractivity contribution in [2.45, 2.75) is 51.5 Å². The normalized spacial score (nSPS) is 19.2. The maximum Gasteiger partial charge on any atom is 0.0133 e. The van der Waals surface area contributed by atoms with Crippen LogP contribution in [-0.4, -0.2) is 13.1 Å². The molecule has 0 aromatic heterocycles. The molecule has 94 valence electrons. The summed E-state index contributed by atoms with van der Waals surface area (Å²) in [6.45, 7) is 2.18. The fourth-order valence-corrected chi connectivity index (χ4v) is 3.13. The van der Waals surface area contributed by atoms with E-state index in [1.165, 1.54) is 49.7 Å². The molecule has 1 heteroatoms. The maximum atomic E-state index is 3.54. The monoisotopic (exact) mass is 231 g/mol. The molecule has 1 N–H and O–H groups in total. The highest BCUT2D eigenvalue weighted by molar-refractivity contribution is 5.23. The third-order valence-corrected chi connectivity index (χ3v) is 4.13. The zero-order valence-corrected chi connectivity index (χ0v) is 11.2. The van der Waals surface area contributed by atoms with Crippen molar-refractivity contribution in [1.82, 2.24) is 5.32 Å². The third-order valence-electron chi connectivity index (χ3n) is 4.13. The number of rotatable bonds is 4. The molecule has 0 heterocycles. The SMILES string of the molecule is CNC(Cc1cccc(C)c1)C1CCCCC1. The third kappa shape index (κ3) is 3.57. The molecule has 1 aromatic rings. The molecule has 0 aliphatic heterocycles. The van der Waals surface area contributed by atoms with Crippen molar-refractivity contribution in [2.75, 3.05) is 7.05 Å². The summed E-state index contributed by atoms with van der Waals surface area (Å²) >= 11 is 0. The minimum absolute atomic E-state index is 0.664. The Kier molecular flexibility index (Phi) is 4.61. The molecule has 0 spiro atoms. The van der Waals surface area contributed by atoms with Gasteiger partial charge in [0.1, 0.15) is 0 Å². The van der Waals surface area contributed by atoms with E-state index >= 15 is 0 Å². The lowest BCUT2D eigenvalue weighted by molar-refractivity contribution is 0.276. The van der Waals surface area contributed by atoms with Gasteiger partial charge < -0.3 is 5.32 Å². The van der Waals surface area contributed by atoms with Gasteiger partial charge in [-0.15, -0.1) is 0 Å². The van der Waals surface area contributed by atoms with E-state index in [-0.39, 0.29) is 0 Å². The van der Waals surface area contributed by atoms with E-state index < -0.39 is 0 Å². The van der Waals surface area contributed by atoms with Crippen molar-refractivity contribution in [3.05, 3.63) is 35.4 Å². The van der Waals surface area contributed by atoms with Crippen LogP contribution in [0.3, 0.4) is 0 Å². The van der Waals surface area contributed by atoms with Crippen LogP contribution in [0.2, 0.25) is 0 Å². The molecule has 0 saturated heterocycles. The summed E-state index contributed by atoms with van der Waals surface area (Å²) in [5, 5.41) is 3.54. The number of aryl methyl sites for hydroxylation is 1. The second-order valence-electron chi connectivity index (χ2n) is 5.49. The van der Waals surface area contributed by atoms with Crippen molar-refractivity contribution >= 4 is 0 Å². The van der Waals surface area contributed by atoms with Crippen molar-refractivity contribution in [1.29, 1.82) is 0 Å². The Morgan fingerprint density at radius 3 is 2.65 bits per heavy atom. The summed E-state index contributed by atoms with van der Waals surface area (Å²) < 4.78 is 0. The first-order valence-electron chi connectivity index (χ1n) is 7.02. The molecule has 1 aliphatic carbocycles. The molecule has 2 rings (SSSR count). The molecule has 1 fully saturated rings. The van der Waals surface area contributed by atoms with Gasteiger partial charge in [-0.3, -0.25) is 0 Å². The average Bonchev–Trinajstić information content (AvgIpc) is 2.37. The highest BCUT2D eigenvalue weighted by atomic mass is 14.9. The lowest BCUT2D eigenvalue weighted by Gasteiger charge is -2.30. The molecule has 0 bridgehead atoms. The molecule has 17 heavy (non-hydrogen) atoms. The quantitative estimate of drug-likeness (QED) is 0.833. The van der Waals surface area contributed by atoms with Gasteiger partial charge in [-0.25, -0.2) is 0 Å². The van der Waals surface area contributed by atoms with E-state index in [9.17, 15) is 0 Å². The predicted molar refractivity (Wildman–Crippen MR) is 74.3 cm³/mol. The number of hydrogen-bond donors (Lipinski definition) is 1. The first-order chi connectivity index (χ1) is 8.29. The summed E-state index contributed by atoms with van der Waals surface area (Å²) in [7, 11) is 2.12. The lowest BCUT2D eigenvalue weighted by Crippen LogP contribution is -2.36. The van der Waals surface area contributed by atoms with Gasteiger partial charge in [-0.05, 0) is 44.7 Å². The van der Waals surface area contributed by atoms with Crippen LogP contribution in [0.15, 0.2) is 24.3 Å². The van der Waals surface area contributed by atoms with Gasteiger partial charge in [0.05, 0.1) is 0 Å². The van der Waals surface area contributed by atoms with E-state index in [1.54, 1.807) is 0 Å². The highest BCUT2D eigenvalue weighted by Gasteiger charge is 2.22. The van der Waals surface area contributed by atoms with Gasteiger partial charge >= 0.3 is 0 Å². The molecule has 1 nitrogen and oxygen atoms in total. The van der Waals surface area contributed by atoms with Gasteiger partial charge in [0.2, 0.25) is 0 Å². The molecule has 0 radical (unpaired) electrons. The van der Waals surface area contributed by atoms with E-state index in [0.717, 1.165) is 5.92 Å². The van der Waals surface area contributed by atoms with Gasteiger partial charge in [-0.2, -0.15) is 0 Å².